The van der Waals surface area contributed by atoms with Crippen molar-refractivity contribution in [3.63, 3.8) is 0 Å². The fourth-order valence-corrected chi connectivity index (χ4v) is 3.45. The lowest BCUT2D eigenvalue weighted by atomic mass is 10.1. The van der Waals surface area contributed by atoms with Gasteiger partial charge < -0.3 is 9.30 Å². The summed E-state index contributed by atoms with van der Waals surface area (Å²) in [6.45, 7) is 3.06. The fourth-order valence-electron chi connectivity index (χ4n) is 3.32. The maximum Gasteiger partial charge on any atom is 0.261 e. The zero-order valence-corrected chi connectivity index (χ0v) is 15.9. The summed E-state index contributed by atoms with van der Waals surface area (Å²) in [6, 6.07) is 9.45. The molecule has 4 rings (SSSR count). The molecule has 6 nitrogen and oxygen atoms in total. The quantitative estimate of drug-likeness (QED) is 0.525. The van der Waals surface area contributed by atoms with Gasteiger partial charge in [0.05, 0.1) is 28.8 Å². The molecule has 0 aliphatic carbocycles. The van der Waals surface area contributed by atoms with E-state index in [0.29, 0.717) is 29.2 Å². The fraction of sp³-hybridized carbons (Fsp3) is 0.250. The molecule has 0 aliphatic heterocycles. The number of aryl methyl sites for hydroxylation is 1. The number of methoxy groups -OCH3 is 1. The Hall–Kier alpha value is -2.70. The number of pyridine rings is 1. The van der Waals surface area contributed by atoms with Gasteiger partial charge in [-0.05, 0) is 30.2 Å². The largest absolute Gasteiger partial charge is 0.378 e. The van der Waals surface area contributed by atoms with Gasteiger partial charge in [0.2, 0.25) is 0 Å². The van der Waals surface area contributed by atoms with E-state index >= 15 is 0 Å². The first-order chi connectivity index (χ1) is 13.1. The Kier molecular flexibility index (Phi) is 4.68. The summed E-state index contributed by atoms with van der Waals surface area (Å²) < 4.78 is 8.77. The number of rotatable bonds is 5. The highest BCUT2D eigenvalue weighted by molar-refractivity contribution is 6.30. The molecule has 0 atom stereocenters. The van der Waals surface area contributed by atoms with Gasteiger partial charge in [-0.1, -0.05) is 30.7 Å². The highest BCUT2D eigenvalue weighted by Gasteiger charge is 2.18. The molecular formula is C20H19ClN4O2. The van der Waals surface area contributed by atoms with Crippen molar-refractivity contribution in [3.05, 3.63) is 63.8 Å². The number of aromatic nitrogens is 4. The molecule has 7 heteroatoms. The Morgan fingerprint density at radius 3 is 2.67 bits per heavy atom. The van der Waals surface area contributed by atoms with Crippen LogP contribution in [-0.4, -0.2) is 26.3 Å². The minimum absolute atomic E-state index is 0.0550. The third kappa shape index (κ3) is 3.01. The van der Waals surface area contributed by atoms with Gasteiger partial charge in [0, 0.05) is 31.1 Å². The average Bonchev–Trinajstić information content (AvgIpc) is 3.03. The molecule has 3 aromatic heterocycles. The number of benzene rings is 1. The van der Waals surface area contributed by atoms with Crippen LogP contribution in [0.5, 0.6) is 0 Å². The van der Waals surface area contributed by atoms with Crippen molar-refractivity contribution < 1.29 is 4.74 Å². The predicted octanol–water partition coefficient (Wildman–Crippen LogP) is 3.92. The van der Waals surface area contributed by atoms with Crippen LogP contribution in [0.25, 0.3) is 27.7 Å². The lowest BCUT2D eigenvalue weighted by molar-refractivity contribution is 0.181. The number of hydrogen-bond acceptors (Lipinski definition) is 4. The van der Waals surface area contributed by atoms with Gasteiger partial charge in [-0.3, -0.25) is 4.79 Å². The number of ether oxygens (including phenoxy) is 1. The maximum atomic E-state index is 12.7. The van der Waals surface area contributed by atoms with Crippen LogP contribution >= 0.6 is 11.6 Å². The molecule has 1 aromatic carbocycles. The second-order valence-electron chi connectivity index (χ2n) is 6.37. The van der Waals surface area contributed by atoms with Crippen molar-refractivity contribution >= 4 is 28.2 Å². The molecule has 0 N–H and O–H groups in total. The second kappa shape index (κ2) is 7.13. The highest BCUT2D eigenvalue weighted by Crippen LogP contribution is 2.30. The summed E-state index contributed by atoms with van der Waals surface area (Å²) in [5.74, 6) is 0. The van der Waals surface area contributed by atoms with Crippen LogP contribution in [0.15, 0.2) is 47.5 Å². The minimum Gasteiger partial charge on any atom is -0.378 e. The van der Waals surface area contributed by atoms with E-state index in [-0.39, 0.29) is 5.56 Å². The van der Waals surface area contributed by atoms with Gasteiger partial charge in [0.1, 0.15) is 0 Å². The normalized spacial score (nSPS) is 11.5. The smallest absolute Gasteiger partial charge is 0.261 e. The first kappa shape index (κ1) is 17.7. The molecule has 0 unspecified atom stereocenters. The molecule has 0 bridgehead atoms. The molecule has 4 aromatic rings. The van der Waals surface area contributed by atoms with E-state index < -0.39 is 0 Å². The molecule has 3 heterocycles. The average molecular weight is 383 g/mol. The lowest BCUT2D eigenvalue weighted by Gasteiger charge is -2.07. The number of nitrogens with zero attached hydrogens (tertiary/aromatic N) is 4. The second-order valence-corrected chi connectivity index (χ2v) is 6.80. The maximum absolute atomic E-state index is 12.7. The van der Waals surface area contributed by atoms with E-state index in [2.05, 4.69) is 4.98 Å². The van der Waals surface area contributed by atoms with Crippen molar-refractivity contribution in [1.29, 1.82) is 0 Å². The van der Waals surface area contributed by atoms with Crippen LogP contribution in [0.3, 0.4) is 0 Å². The van der Waals surface area contributed by atoms with Crippen LogP contribution < -0.4 is 5.56 Å². The van der Waals surface area contributed by atoms with E-state index in [1.165, 1.54) is 0 Å². The summed E-state index contributed by atoms with van der Waals surface area (Å²) in [5.41, 5.74) is 3.96. The first-order valence-electron chi connectivity index (χ1n) is 8.78. The van der Waals surface area contributed by atoms with E-state index in [1.807, 2.05) is 43.5 Å². The molecule has 0 fully saturated rings. The Balaban J connectivity index is 2.02. The predicted molar refractivity (Wildman–Crippen MR) is 106 cm³/mol. The number of halogens is 1. The topological polar surface area (TPSA) is 61.4 Å². The van der Waals surface area contributed by atoms with E-state index in [1.54, 1.807) is 22.4 Å². The molecule has 0 aliphatic rings. The van der Waals surface area contributed by atoms with E-state index in [0.717, 1.165) is 28.8 Å². The van der Waals surface area contributed by atoms with Gasteiger partial charge in [0.25, 0.3) is 5.56 Å². The molecule has 0 radical (unpaired) electrons. The Bertz CT molecular complexity index is 1180. The lowest BCUT2D eigenvalue weighted by Crippen LogP contribution is -2.20. The van der Waals surface area contributed by atoms with Crippen molar-refractivity contribution in [2.24, 2.45) is 0 Å². The number of hydrogen-bond donors (Lipinski definition) is 0. The Labute approximate surface area is 161 Å². The minimum atomic E-state index is -0.0550. The first-order valence-corrected chi connectivity index (χ1v) is 9.16. The standard InChI is InChI=1S/C20H19ClN4O2/c1-3-9-24-10-8-17-15(20(24)26)11-22-19-18(13-4-6-14(21)7-5-13)16(12-27-2)23-25(17)19/h4-8,10-11H,3,9,12H2,1-2H3. The van der Waals surface area contributed by atoms with E-state index in [4.69, 9.17) is 21.4 Å². The van der Waals surface area contributed by atoms with Crippen molar-refractivity contribution in [2.75, 3.05) is 7.11 Å². The van der Waals surface area contributed by atoms with Gasteiger partial charge >= 0.3 is 0 Å². The van der Waals surface area contributed by atoms with Gasteiger partial charge in [0.15, 0.2) is 5.65 Å². The Morgan fingerprint density at radius 1 is 1.19 bits per heavy atom. The van der Waals surface area contributed by atoms with Crippen LogP contribution in [0.2, 0.25) is 5.02 Å². The molecule has 0 spiro atoms. The summed E-state index contributed by atoms with van der Waals surface area (Å²) in [6.07, 6.45) is 4.34. The van der Waals surface area contributed by atoms with Gasteiger partial charge in [-0.25, -0.2) is 9.50 Å². The molecule has 27 heavy (non-hydrogen) atoms. The van der Waals surface area contributed by atoms with Crippen LogP contribution in [0.4, 0.5) is 0 Å². The van der Waals surface area contributed by atoms with Crippen molar-refractivity contribution in [2.45, 2.75) is 26.5 Å². The van der Waals surface area contributed by atoms with Crippen molar-refractivity contribution in [1.82, 2.24) is 19.2 Å². The van der Waals surface area contributed by atoms with Gasteiger partial charge in [-0.15, -0.1) is 0 Å². The van der Waals surface area contributed by atoms with Crippen molar-refractivity contribution in [3.8, 4) is 11.1 Å². The number of fused-ring (bicyclic) bond motifs is 3. The molecule has 138 valence electrons. The third-order valence-corrected chi connectivity index (χ3v) is 4.79. The molecule has 0 amide bonds. The van der Waals surface area contributed by atoms with Crippen LogP contribution in [-0.2, 0) is 17.9 Å². The third-order valence-electron chi connectivity index (χ3n) is 4.54. The van der Waals surface area contributed by atoms with Crippen LogP contribution in [0.1, 0.15) is 19.0 Å². The Morgan fingerprint density at radius 2 is 1.96 bits per heavy atom. The highest BCUT2D eigenvalue weighted by atomic mass is 35.5. The summed E-state index contributed by atoms with van der Waals surface area (Å²) in [4.78, 5) is 17.3. The SMILES string of the molecule is CCCn1ccc2c(cnc3c(-c4ccc(Cl)cc4)c(COC)nn32)c1=O. The molecular weight excluding hydrogens is 364 g/mol. The molecule has 0 saturated heterocycles. The van der Waals surface area contributed by atoms with E-state index in [9.17, 15) is 4.79 Å². The monoisotopic (exact) mass is 382 g/mol. The zero-order chi connectivity index (χ0) is 19.0. The summed E-state index contributed by atoms with van der Waals surface area (Å²) in [5, 5.41) is 5.91. The molecule has 0 saturated carbocycles. The zero-order valence-electron chi connectivity index (χ0n) is 15.1. The van der Waals surface area contributed by atoms with Crippen LogP contribution in [0, 0.1) is 0 Å². The summed E-state index contributed by atoms with van der Waals surface area (Å²) >= 11 is 6.03. The summed E-state index contributed by atoms with van der Waals surface area (Å²) in [7, 11) is 1.63. The van der Waals surface area contributed by atoms with Gasteiger partial charge in [-0.2, -0.15) is 5.10 Å².